The first-order valence-electron chi connectivity index (χ1n) is 12.4. The van der Waals surface area contributed by atoms with Crippen LogP contribution in [0.4, 0.5) is 9.59 Å². The Balaban J connectivity index is 1.35. The number of carbonyl (C=O) groups excluding carboxylic acids is 3. The standard InChI is InChI=1S/C26H37N4O6S/c1-26(2,3)36-25(33)29(17-20-11-6-4-7-12-20)15-9-5-8-13-22(31)34-18-23-35-21(19-37-23)30(27)16-10-14-28-24(30)32/h4,6-7,10-12,14,16,21,23H,5,8-9,13,15,17-19,27H2,1-3H3/q+1. The fraction of sp³-hybridized carbons (Fsp3) is 0.538. The van der Waals surface area contributed by atoms with Crippen LogP contribution in [0.15, 0.2) is 47.6 Å². The van der Waals surface area contributed by atoms with Gasteiger partial charge in [-0.25, -0.2) is 9.59 Å². The molecule has 0 aromatic heterocycles. The molecule has 2 aliphatic rings. The lowest BCUT2D eigenvalue weighted by Crippen LogP contribution is -2.61. The van der Waals surface area contributed by atoms with Gasteiger partial charge in [0, 0.05) is 31.8 Å². The van der Waals surface area contributed by atoms with Gasteiger partial charge in [-0.2, -0.15) is 10.8 Å². The number of thioether (sulfide) groups is 1. The molecule has 10 nitrogen and oxygen atoms in total. The van der Waals surface area contributed by atoms with Crippen molar-refractivity contribution in [2.75, 3.05) is 18.9 Å². The average molecular weight is 534 g/mol. The molecule has 2 heterocycles. The van der Waals surface area contributed by atoms with Gasteiger partial charge < -0.3 is 19.1 Å². The molecule has 2 aliphatic heterocycles. The second-order valence-corrected chi connectivity index (χ2v) is 11.2. The van der Waals surface area contributed by atoms with Crippen LogP contribution in [0, 0.1) is 0 Å². The number of quaternary nitrogens is 1. The molecule has 3 rings (SSSR count). The zero-order valence-corrected chi connectivity index (χ0v) is 22.5. The lowest BCUT2D eigenvalue weighted by molar-refractivity contribution is -0.859. The number of hydrogen-bond donors (Lipinski definition) is 1. The smallest absolute Gasteiger partial charge is 0.462 e. The first-order valence-corrected chi connectivity index (χ1v) is 13.5. The molecule has 1 saturated heterocycles. The van der Waals surface area contributed by atoms with Crippen molar-refractivity contribution < 1.29 is 33.2 Å². The van der Waals surface area contributed by atoms with Gasteiger partial charge in [0.2, 0.25) is 6.23 Å². The van der Waals surface area contributed by atoms with Gasteiger partial charge in [0.15, 0.2) is 0 Å². The van der Waals surface area contributed by atoms with Crippen molar-refractivity contribution in [1.82, 2.24) is 4.90 Å². The van der Waals surface area contributed by atoms with E-state index < -0.39 is 22.5 Å². The van der Waals surface area contributed by atoms with Gasteiger partial charge in [0.05, 0.1) is 5.75 Å². The number of benzene rings is 1. The maximum atomic E-state index is 12.7. The largest absolute Gasteiger partial charge is 0.468 e. The first-order chi connectivity index (χ1) is 17.6. The number of urea groups is 1. The Morgan fingerprint density at radius 3 is 2.68 bits per heavy atom. The highest BCUT2D eigenvalue weighted by atomic mass is 32.2. The van der Waals surface area contributed by atoms with E-state index in [0.717, 1.165) is 18.4 Å². The molecule has 11 heteroatoms. The Bertz CT molecular complexity index is 997. The molecular formula is C26H37N4O6S+. The topological polar surface area (TPSA) is 121 Å². The highest BCUT2D eigenvalue weighted by molar-refractivity contribution is 8.00. The number of nitrogens with zero attached hydrogens (tertiary/aromatic N) is 3. The summed E-state index contributed by atoms with van der Waals surface area (Å²) in [7, 11) is 0. The number of esters is 1. The third-order valence-corrected chi connectivity index (χ3v) is 6.80. The van der Waals surface area contributed by atoms with Gasteiger partial charge in [-0.1, -0.05) is 36.8 Å². The lowest BCUT2D eigenvalue weighted by atomic mass is 10.1. The van der Waals surface area contributed by atoms with Gasteiger partial charge in [-0.15, -0.1) is 16.4 Å². The van der Waals surface area contributed by atoms with Crippen LogP contribution < -0.4 is 5.84 Å². The van der Waals surface area contributed by atoms with Crippen molar-refractivity contribution in [1.29, 1.82) is 0 Å². The highest BCUT2D eigenvalue weighted by Crippen LogP contribution is 2.31. The van der Waals surface area contributed by atoms with Crippen LogP contribution in [0.3, 0.4) is 0 Å². The molecule has 37 heavy (non-hydrogen) atoms. The van der Waals surface area contributed by atoms with Crippen molar-refractivity contribution in [2.24, 2.45) is 10.8 Å². The number of nitrogens with two attached hydrogens (primary N) is 1. The summed E-state index contributed by atoms with van der Waals surface area (Å²) in [4.78, 5) is 42.4. The fourth-order valence-electron chi connectivity index (χ4n) is 3.77. The zero-order chi connectivity index (χ0) is 26.9. The number of amides is 3. The molecule has 1 fully saturated rings. The third kappa shape index (κ3) is 8.96. The molecule has 0 radical (unpaired) electrons. The second-order valence-electron chi connectivity index (χ2n) is 9.97. The molecule has 3 atom stereocenters. The molecule has 0 bridgehead atoms. The van der Waals surface area contributed by atoms with E-state index in [1.54, 1.807) is 17.2 Å². The molecule has 3 amide bonds. The van der Waals surface area contributed by atoms with Crippen molar-refractivity contribution in [3.8, 4) is 0 Å². The van der Waals surface area contributed by atoms with Crippen LogP contribution in [0.1, 0.15) is 52.0 Å². The van der Waals surface area contributed by atoms with Gasteiger partial charge in [0.1, 0.15) is 23.8 Å². The van der Waals surface area contributed by atoms with E-state index >= 15 is 0 Å². The Hall–Kier alpha value is -2.73. The number of aliphatic imine (C=N–C) groups is 1. The summed E-state index contributed by atoms with van der Waals surface area (Å²) in [6.07, 6.45) is 6.04. The molecule has 3 unspecified atom stereocenters. The lowest BCUT2D eigenvalue weighted by Gasteiger charge is -2.29. The monoisotopic (exact) mass is 533 g/mol. The van der Waals surface area contributed by atoms with E-state index in [1.165, 1.54) is 18.0 Å². The first kappa shape index (κ1) is 28.8. The minimum absolute atomic E-state index is 0.0880. The number of hydrogen-bond acceptors (Lipinski definition) is 8. The number of carbonyl (C=O) groups is 3. The Morgan fingerprint density at radius 1 is 1.22 bits per heavy atom. The summed E-state index contributed by atoms with van der Waals surface area (Å²) < 4.78 is 16.2. The van der Waals surface area contributed by atoms with Crippen LogP contribution in [0.2, 0.25) is 0 Å². The number of unbranched alkanes of at least 4 members (excludes halogenated alkanes) is 2. The minimum Gasteiger partial charge on any atom is -0.462 e. The van der Waals surface area contributed by atoms with E-state index in [0.29, 0.717) is 25.3 Å². The van der Waals surface area contributed by atoms with Gasteiger partial charge in [0.25, 0.3) is 0 Å². The van der Waals surface area contributed by atoms with Crippen LogP contribution in [-0.2, 0) is 25.5 Å². The number of rotatable bonds is 11. The highest BCUT2D eigenvalue weighted by Gasteiger charge is 2.47. The maximum Gasteiger partial charge on any atom is 0.468 e. The third-order valence-electron chi connectivity index (χ3n) is 5.70. The zero-order valence-electron chi connectivity index (χ0n) is 21.7. The summed E-state index contributed by atoms with van der Waals surface area (Å²) >= 11 is 1.45. The van der Waals surface area contributed by atoms with Crippen molar-refractivity contribution in [3.05, 3.63) is 48.2 Å². The van der Waals surface area contributed by atoms with Crippen LogP contribution in [0.25, 0.3) is 0 Å². The molecule has 1 aromatic rings. The van der Waals surface area contributed by atoms with Crippen LogP contribution in [0.5, 0.6) is 0 Å². The minimum atomic E-state index is -0.585. The quantitative estimate of drug-likeness (QED) is 0.147. The van der Waals surface area contributed by atoms with E-state index in [2.05, 4.69) is 4.99 Å². The summed E-state index contributed by atoms with van der Waals surface area (Å²) in [5, 5.41) is 0. The van der Waals surface area contributed by atoms with Crippen LogP contribution in [-0.4, -0.2) is 70.0 Å². The van der Waals surface area contributed by atoms with E-state index in [-0.39, 0.29) is 30.5 Å². The van der Waals surface area contributed by atoms with Crippen molar-refractivity contribution in [2.45, 2.75) is 70.3 Å². The van der Waals surface area contributed by atoms with Gasteiger partial charge in [-0.05, 0) is 39.2 Å². The number of allylic oxidation sites excluding steroid dienone is 1. The Morgan fingerprint density at radius 2 is 1.97 bits per heavy atom. The predicted molar refractivity (Wildman–Crippen MR) is 141 cm³/mol. The van der Waals surface area contributed by atoms with E-state index in [4.69, 9.17) is 20.1 Å². The Kier molecular flexibility index (Phi) is 10.3. The molecular weight excluding hydrogens is 496 g/mol. The van der Waals surface area contributed by atoms with E-state index in [9.17, 15) is 14.4 Å². The molecule has 2 N–H and O–H groups in total. The van der Waals surface area contributed by atoms with Crippen molar-refractivity contribution >= 4 is 36.1 Å². The summed E-state index contributed by atoms with van der Waals surface area (Å²) in [6.45, 7) is 6.63. The summed E-state index contributed by atoms with van der Waals surface area (Å²) in [5.41, 5.74) is 0.0689. The van der Waals surface area contributed by atoms with Crippen LogP contribution >= 0.6 is 11.8 Å². The molecule has 1 aromatic carbocycles. The molecule has 0 spiro atoms. The number of ether oxygens (including phenoxy) is 3. The molecule has 202 valence electrons. The second kappa shape index (κ2) is 13.2. The molecule has 0 aliphatic carbocycles. The fourth-order valence-corrected chi connectivity index (χ4v) is 4.85. The maximum absolute atomic E-state index is 12.7. The normalized spacial score (nSPS) is 23.2. The van der Waals surface area contributed by atoms with Gasteiger partial charge in [-0.3, -0.25) is 4.79 Å². The predicted octanol–water partition coefficient (Wildman–Crippen LogP) is 4.35. The van der Waals surface area contributed by atoms with Crippen molar-refractivity contribution in [3.63, 3.8) is 0 Å². The molecule has 0 saturated carbocycles. The SMILES string of the molecule is CC(C)(C)OC(=O)N(CCCCCC(=O)OCC1OC([N+]2(N)C=CC=NC2=O)CS1)Cc1ccccc1. The van der Waals surface area contributed by atoms with E-state index in [1.807, 2.05) is 51.1 Å². The Labute approximate surface area is 222 Å². The van der Waals surface area contributed by atoms with Gasteiger partial charge >= 0.3 is 18.1 Å². The average Bonchev–Trinajstić information content (AvgIpc) is 3.33. The summed E-state index contributed by atoms with van der Waals surface area (Å²) in [5.74, 6) is 6.32. The summed E-state index contributed by atoms with van der Waals surface area (Å²) in [6, 6.07) is 9.28.